The van der Waals surface area contributed by atoms with Crippen LogP contribution in [-0.4, -0.2) is 24.9 Å². The summed E-state index contributed by atoms with van der Waals surface area (Å²) in [4.78, 5) is 25.8. The molecule has 0 N–H and O–H groups in total. The van der Waals surface area contributed by atoms with Crippen molar-refractivity contribution in [3.05, 3.63) is 114 Å². The molecule has 3 aromatic carbocycles. The van der Waals surface area contributed by atoms with Gasteiger partial charge in [-0.2, -0.15) is 0 Å². The van der Waals surface area contributed by atoms with Gasteiger partial charge in [0, 0.05) is 60.0 Å². The summed E-state index contributed by atoms with van der Waals surface area (Å²) in [6.45, 7) is 0. The molecule has 0 radical (unpaired) electrons. The summed E-state index contributed by atoms with van der Waals surface area (Å²) in [6.07, 6.45) is 5.58. The maximum atomic E-state index is 4.86. The van der Waals surface area contributed by atoms with Gasteiger partial charge in [0.25, 0.3) is 0 Å². The maximum Gasteiger partial charge on any atom is 0.112 e. The van der Waals surface area contributed by atoms with Gasteiger partial charge in [0.05, 0.1) is 16.7 Å². The first-order valence-electron chi connectivity index (χ1n) is 13.7. The molecule has 0 amide bonds. The Morgan fingerprint density at radius 3 is 2.02 bits per heavy atom. The van der Waals surface area contributed by atoms with Crippen LogP contribution in [-0.2, 0) is 0 Å². The zero-order chi connectivity index (χ0) is 28.5. The summed E-state index contributed by atoms with van der Waals surface area (Å²) >= 11 is 6.96. The number of aromatic nitrogens is 5. The molecule has 0 aliphatic carbocycles. The first-order valence-corrected chi connectivity index (χ1v) is 16.1. The monoisotopic (exact) mass is 651 g/mol. The smallest absolute Gasteiger partial charge is 0.112 e. The van der Waals surface area contributed by atoms with Crippen molar-refractivity contribution in [1.82, 2.24) is 24.9 Å². The predicted molar refractivity (Wildman–Crippen MR) is 179 cm³/mol. The SMILES string of the molecule is Brc1ccc2nc3c4c(nccc4c2c1)-c1ncccc1S3.c1ccc2c(c1)Sc1nc3ccccc3c3ccnc-2c13. The van der Waals surface area contributed by atoms with E-state index in [-0.39, 0.29) is 0 Å². The van der Waals surface area contributed by atoms with E-state index in [0.717, 1.165) is 58.3 Å². The lowest BCUT2D eigenvalue weighted by atomic mass is 10.0. The van der Waals surface area contributed by atoms with Crippen molar-refractivity contribution in [3.63, 3.8) is 0 Å². The van der Waals surface area contributed by atoms with E-state index in [1.54, 1.807) is 23.5 Å². The molecular weight excluding hydrogens is 634 g/mol. The molecule has 8 heteroatoms. The number of rotatable bonds is 0. The van der Waals surface area contributed by atoms with E-state index >= 15 is 0 Å². The lowest BCUT2D eigenvalue weighted by Crippen LogP contribution is -1.99. The summed E-state index contributed by atoms with van der Waals surface area (Å²) in [7, 11) is 0. The number of halogens is 1. The van der Waals surface area contributed by atoms with Crippen LogP contribution in [0.2, 0.25) is 0 Å². The van der Waals surface area contributed by atoms with Crippen LogP contribution in [0.4, 0.5) is 0 Å². The molecular formula is C35H18BrN5S2. The Hall–Kier alpha value is -4.37. The fraction of sp³-hybridized carbons (Fsp3) is 0. The summed E-state index contributed by atoms with van der Waals surface area (Å²) in [5, 5.41) is 9.09. The second-order valence-corrected chi connectivity index (χ2v) is 13.2. The van der Waals surface area contributed by atoms with Gasteiger partial charge >= 0.3 is 0 Å². The van der Waals surface area contributed by atoms with Gasteiger partial charge in [0.2, 0.25) is 0 Å². The normalized spacial score (nSPS) is 12.6. The largest absolute Gasteiger partial charge is 0.255 e. The minimum absolute atomic E-state index is 0.927. The highest BCUT2D eigenvalue weighted by Gasteiger charge is 2.24. The van der Waals surface area contributed by atoms with Crippen molar-refractivity contribution in [1.29, 1.82) is 0 Å². The number of hydrogen-bond donors (Lipinski definition) is 0. The third-order valence-corrected chi connectivity index (χ3v) is 10.4. The standard InChI is InChI=1S/C18H10N2S.C17H8BrN3S/c1-3-7-14-11(5-1)12-9-10-19-17-13-6-2-4-8-15(13)21-18(20-14)16(12)17;18-9-3-4-12-11(8-9)10-5-7-20-16-14(10)17(21-12)22-13-2-1-6-19-15(13)16/h1-10H;1-8H. The van der Waals surface area contributed by atoms with E-state index in [2.05, 4.69) is 104 Å². The number of fused-ring (bicyclic) bond motifs is 8. The van der Waals surface area contributed by atoms with Crippen molar-refractivity contribution in [2.75, 3.05) is 0 Å². The molecule has 2 aliphatic rings. The van der Waals surface area contributed by atoms with Gasteiger partial charge in [-0.1, -0.05) is 75.9 Å². The lowest BCUT2D eigenvalue weighted by molar-refractivity contribution is 1.15. The molecule has 2 aliphatic heterocycles. The molecule has 0 spiro atoms. The van der Waals surface area contributed by atoms with Crippen LogP contribution in [0.25, 0.3) is 66.0 Å². The van der Waals surface area contributed by atoms with Gasteiger partial charge in [-0.3, -0.25) is 15.0 Å². The summed E-state index contributed by atoms with van der Waals surface area (Å²) in [6, 6.07) is 31.1. The van der Waals surface area contributed by atoms with E-state index in [1.807, 2.05) is 36.8 Å². The number of benzene rings is 3. The third-order valence-electron chi connectivity index (χ3n) is 7.77. The lowest BCUT2D eigenvalue weighted by Gasteiger charge is -2.19. The average molecular weight is 653 g/mol. The highest BCUT2D eigenvalue weighted by atomic mass is 79.9. The molecule has 0 saturated carbocycles. The van der Waals surface area contributed by atoms with E-state index in [1.165, 1.54) is 32.0 Å². The van der Waals surface area contributed by atoms with E-state index in [9.17, 15) is 0 Å². The second-order valence-electron chi connectivity index (χ2n) is 10.2. The zero-order valence-electron chi connectivity index (χ0n) is 22.3. The van der Waals surface area contributed by atoms with Crippen LogP contribution in [0.5, 0.6) is 0 Å². The fourth-order valence-corrected chi connectivity index (χ4v) is 8.40. The van der Waals surface area contributed by atoms with Crippen LogP contribution in [0.15, 0.2) is 134 Å². The molecule has 0 atom stereocenters. The van der Waals surface area contributed by atoms with Crippen LogP contribution in [0, 0.1) is 0 Å². The minimum Gasteiger partial charge on any atom is -0.255 e. The summed E-state index contributed by atoms with van der Waals surface area (Å²) in [5.41, 5.74) is 6.18. The molecule has 0 unspecified atom stereocenters. The minimum atomic E-state index is 0.927. The Morgan fingerprint density at radius 2 is 1.14 bits per heavy atom. The average Bonchev–Trinajstić information content (AvgIpc) is 3.06. The Morgan fingerprint density at radius 1 is 0.488 bits per heavy atom. The van der Waals surface area contributed by atoms with Crippen LogP contribution < -0.4 is 0 Å². The Bertz CT molecular complexity index is 2450. The van der Waals surface area contributed by atoms with Crippen molar-refractivity contribution >= 4 is 82.8 Å². The van der Waals surface area contributed by atoms with E-state index < -0.39 is 0 Å². The Balaban J connectivity index is 0.000000121. The molecule has 0 saturated heterocycles. The van der Waals surface area contributed by atoms with Crippen molar-refractivity contribution in [2.24, 2.45) is 0 Å². The molecule has 5 aromatic heterocycles. The first-order chi connectivity index (χ1) is 21.2. The number of pyridine rings is 5. The maximum absolute atomic E-state index is 4.86. The molecule has 10 rings (SSSR count). The summed E-state index contributed by atoms with van der Waals surface area (Å²) in [5.74, 6) is 0. The predicted octanol–water partition coefficient (Wildman–Crippen LogP) is 9.99. The second kappa shape index (κ2) is 9.84. The van der Waals surface area contributed by atoms with Gasteiger partial charge < -0.3 is 0 Å². The van der Waals surface area contributed by atoms with Crippen molar-refractivity contribution < 1.29 is 0 Å². The highest BCUT2D eigenvalue weighted by molar-refractivity contribution is 9.10. The molecule has 8 aromatic rings. The highest BCUT2D eigenvalue weighted by Crippen LogP contribution is 2.48. The number of nitrogens with zero attached hydrogens (tertiary/aromatic N) is 5. The fourth-order valence-electron chi connectivity index (χ4n) is 5.90. The molecule has 43 heavy (non-hydrogen) atoms. The van der Waals surface area contributed by atoms with Gasteiger partial charge in [-0.05, 0) is 65.4 Å². The molecule has 202 valence electrons. The zero-order valence-corrected chi connectivity index (χ0v) is 25.5. The number of para-hydroxylation sites is 1. The van der Waals surface area contributed by atoms with Gasteiger partial charge in [0.15, 0.2) is 0 Å². The quantitative estimate of drug-likeness (QED) is 0.151. The van der Waals surface area contributed by atoms with Crippen LogP contribution in [0.3, 0.4) is 0 Å². The molecule has 0 bridgehead atoms. The molecule has 5 nitrogen and oxygen atoms in total. The molecule has 7 heterocycles. The van der Waals surface area contributed by atoms with Gasteiger partial charge in [-0.25, -0.2) is 9.97 Å². The van der Waals surface area contributed by atoms with Crippen LogP contribution in [0.1, 0.15) is 0 Å². The molecule has 0 fully saturated rings. The van der Waals surface area contributed by atoms with Crippen molar-refractivity contribution in [2.45, 2.75) is 19.8 Å². The number of hydrogen-bond acceptors (Lipinski definition) is 7. The van der Waals surface area contributed by atoms with Gasteiger partial charge in [0.1, 0.15) is 21.4 Å². The van der Waals surface area contributed by atoms with Crippen LogP contribution >= 0.6 is 39.5 Å². The van der Waals surface area contributed by atoms with Crippen molar-refractivity contribution in [3.8, 4) is 22.6 Å². The Kier molecular flexibility index (Phi) is 5.76. The third kappa shape index (κ3) is 3.97. The van der Waals surface area contributed by atoms with E-state index in [4.69, 9.17) is 9.97 Å². The topological polar surface area (TPSA) is 64.5 Å². The van der Waals surface area contributed by atoms with E-state index in [0.29, 0.717) is 0 Å². The Labute approximate surface area is 263 Å². The first kappa shape index (κ1) is 25.2. The summed E-state index contributed by atoms with van der Waals surface area (Å²) < 4.78 is 1.05. The van der Waals surface area contributed by atoms with Gasteiger partial charge in [-0.15, -0.1) is 0 Å².